The fourth-order valence-corrected chi connectivity index (χ4v) is 3.89. The molecule has 0 unspecified atom stereocenters. The summed E-state index contributed by atoms with van der Waals surface area (Å²) >= 11 is 7.53. The molecule has 0 saturated carbocycles. The monoisotopic (exact) mass is 409 g/mol. The van der Waals surface area contributed by atoms with Crippen molar-refractivity contribution >= 4 is 23.4 Å². The van der Waals surface area contributed by atoms with Crippen molar-refractivity contribution < 1.29 is 4.39 Å². The minimum Gasteiger partial charge on any atom is -0.297 e. The average Bonchev–Trinajstić information content (AvgIpc) is 3.11. The topological polar surface area (TPSA) is 30.7 Å². The summed E-state index contributed by atoms with van der Waals surface area (Å²) in [7, 11) is 0. The highest BCUT2D eigenvalue weighted by atomic mass is 35.5. The summed E-state index contributed by atoms with van der Waals surface area (Å²) in [4.78, 5) is 0. The zero-order valence-corrected chi connectivity index (χ0v) is 16.5. The maximum Gasteiger partial charge on any atom is 0.192 e. The lowest BCUT2D eigenvalue weighted by molar-refractivity contribution is 0.626. The lowest BCUT2D eigenvalue weighted by Crippen LogP contribution is -2.05. The normalized spacial score (nSPS) is 10.9. The summed E-state index contributed by atoms with van der Waals surface area (Å²) < 4.78 is 16.4. The minimum atomic E-state index is -0.307. The number of hydrogen-bond donors (Lipinski definition) is 0. The standard InChI is InChI=1S/C22H17ClFN3S/c23-18-12-10-17(11-13-18)15-28-22-26-25-21(19-8-4-5-9-20(19)24)27(22)14-16-6-2-1-3-7-16/h1-13H,14-15H2. The van der Waals surface area contributed by atoms with Gasteiger partial charge in [0.05, 0.1) is 12.1 Å². The van der Waals surface area contributed by atoms with Crippen LogP contribution in [-0.2, 0) is 12.3 Å². The molecule has 0 bridgehead atoms. The largest absolute Gasteiger partial charge is 0.297 e. The van der Waals surface area contributed by atoms with Crippen LogP contribution in [0.3, 0.4) is 0 Å². The molecule has 0 saturated heterocycles. The van der Waals surface area contributed by atoms with Gasteiger partial charge in [-0.15, -0.1) is 10.2 Å². The molecule has 4 aromatic rings. The van der Waals surface area contributed by atoms with Crippen LogP contribution in [0.25, 0.3) is 11.4 Å². The highest BCUT2D eigenvalue weighted by molar-refractivity contribution is 7.98. The van der Waals surface area contributed by atoms with Crippen LogP contribution in [-0.4, -0.2) is 14.8 Å². The van der Waals surface area contributed by atoms with E-state index in [0.717, 1.165) is 22.0 Å². The van der Waals surface area contributed by atoms with Crippen molar-refractivity contribution in [2.75, 3.05) is 0 Å². The van der Waals surface area contributed by atoms with Crippen LogP contribution >= 0.6 is 23.4 Å². The predicted molar refractivity (Wildman–Crippen MR) is 112 cm³/mol. The molecule has 0 N–H and O–H groups in total. The minimum absolute atomic E-state index is 0.307. The summed E-state index contributed by atoms with van der Waals surface area (Å²) in [6.07, 6.45) is 0. The number of aromatic nitrogens is 3. The van der Waals surface area contributed by atoms with E-state index in [2.05, 4.69) is 10.2 Å². The second kappa shape index (κ2) is 8.59. The number of halogens is 2. The van der Waals surface area contributed by atoms with Gasteiger partial charge in [-0.3, -0.25) is 4.57 Å². The molecule has 0 spiro atoms. The van der Waals surface area contributed by atoms with E-state index in [9.17, 15) is 4.39 Å². The van der Waals surface area contributed by atoms with Crippen LogP contribution in [0.15, 0.2) is 84.0 Å². The Hall–Kier alpha value is -2.63. The highest BCUT2D eigenvalue weighted by Gasteiger charge is 2.17. The van der Waals surface area contributed by atoms with Crippen LogP contribution in [0.2, 0.25) is 5.02 Å². The Labute approximate surface area is 172 Å². The van der Waals surface area contributed by atoms with Crippen molar-refractivity contribution in [1.82, 2.24) is 14.8 Å². The Bertz CT molecular complexity index is 1060. The van der Waals surface area contributed by atoms with Gasteiger partial charge in [0.15, 0.2) is 11.0 Å². The lowest BCUT2D eigenvalue weighted by Gasteiger charge is -2.11. The maximum atomic E-state index is 14.4. The molecular weight excluding hydrogens is 393 g/mol. The second-order valence-electron chi connectivity index (χ2n) is 6.27. The Kier molecular flexibility index (Phi) is 5.74. The second-order valence-corrected chi connectivity index (χ2v) is 7.65. The van der Waals surface area contributed by atoms with Gasteiger partial charge in [0.25, 0.3) is 0 Å². The Balaban J connectivity index is 1.67. The van der Waals surface area contributed by atoms with E-state index in [1.807, 2.05) is 59.2 Å². The molecule has 6 heteroatoms. The van der Waals surface area contributed by atoms with E-state index in [-0.39, 0.29) is 5.82 Å². The molecule has 3 aromatic carbocycles. The highest BCUT2D eigenvalue weighted by Crippen LogP contribution is 2.29. The first kappa shape index (κ1) is 18.7. The molecule has 3 nitrogen and oxygen atoms in total. The fourth-order valence-electron chi connectivity index (χ4n) is 2.87. The van der Waals surface area contributed by atoms with Crippen molar-refractivity contribution in [3.8, 4) is 11.4 Å². The fraction of sp³-hybridized carbons (Fsp3) is 0.0909. The van der Waals surface area contributed by atoms with E-state index < -0.39 is 0 Å². The molecular formula is C22H17ClFN3S. The van der Waals surface area contributed by atoms with Crippen LogP contribution in [0, 0.1) is 5.82 Å². The van der Waals surface area contributed by atoms with Gasteiger partial charge < -0.3 is 0 Å². The first-order valence-electron chi connectivity index (χ1n) is 8.80. The van der Waals surface area contributed by atoms with Gasteiger partial charge in [0, 0.05) is 10.8 Å². The Morgan fingerprint density at radius 2 is 1.54 bits per heavy atom. The van der Waals surface area contributed by atoms with Gasteiger partial charge in [0.2, 0.25) is 0 Å². The molecule has 0 atom stereocenters. The maximum absolute atomic E-state index is 14.4. The van der Waals surface area contributed by atoms with Gasteiger partial charge in [-0.1, -0.05) is 78.0 Å². The SMILES string of the molecule is Fc1ccccc1-c1nnc(SCc2ccc(Cl)cc2)n1Cc1ccccc1. The number of benzene rings is 3. The van der Waals surface area contributed by atoms with E-state index in [0.29, 0.717) is 23.0 Å². The number of rotatable bonds is 6. The number of thioether (sulfide) groups is 1. The molecule has 1 heterocycles. The van der Waals surface area contributed by atoms with E-state index >= 15 is 0 Å². The quantitative estimate of drug-likeness (QED) is 0.361. The van der Waals surface area contributed by atoms with Crippen molar-refractivity contribution in [3.63, 3.8) is 0 Å². The smallest absolute Gasteiger partial charge is 0.192 e. The summed E-state index contributed by atoms with van der Waals surface area (Å²) in [6.45, 7) is 0.570. The molecule has 0 aliphatic rings. The third kappa shape index (κ3) is 4.26. The van der Waals surface area contributed by atoms with E-state index in [4.69, 9.17) is 11.6 Å². The molecule has 140 valence electrons. The molecule has 0 radical (unpaired) electrons. The van der Waals surface area contributed by atoms with Crippen molar-refractivity contribution in [3.05, 3.63) is 101 Å². The zero-order valence-electron chi connectivity index (χ0n) is 14.9. The molecule has 1 aromatic heterocycles. The molecule has 0 fully saturated rings. The molecule has 0 aliphatic heterocycles. The summed E-state index contributed by atoms with van der Waals surface area (Å²) in [5, 5.41) is 10.1. The van der Waals surface area contributed by atoms with Gasteiger partial charge in [-0.2, -0.15) is 0 Å². The Morgan fingerprint density at radius 3 is 2.29 bits per heavy atom. The third-order valence-corrected chi connectivity index (χ3v) is 5.59. The first-order chi connectivity index (χ1) is 13.7. The van der Waals surface area contributed by atoms with Crippen molar-refractivity contribution in [1.29, 1.82) is 0 Å². The average molecular weight is 410 g/mol. The molecule has 28 heavy (non-hydrogen) atoms. The van der Waals surface area contributed by atoms with Gasteiger partial charge >= 0.3 is 0 Å². The summed E-state index contributed by atoms with van der Waals surface area (Å²) in [6, 6.07) is 24.4. The van der Waals surface area contributed by atoms with Gasteiger partial charge in [-0.25, -0.2) is 4.39 Å². The molecule has 4 rings (SSSR count). The van der Waals surface area contributed by atoms with Crippen molar-refractivity contribution in [2.45, 2.75) is 17.5 Å². The Morgan fingerprint density at radius 1 is 0.821 bits per heavy atom. The van der Waals surface area contributed by atoms with Crippen molar-refractivity contribution in [2.24, 2.45) is 0 Å². The van der Waals surface area contributed by atoms with E-state index in [1.165, 1.54) is 6.07 Å². The van der Waals surface area contributed by atoms with E-state index in [1.54, 1.807) is 30.0 Å². The first-order valence-corrected chi connectivity index (χ1v) is 10.2. The van der Waals surface area contributed by atoms with Crippen LogP contribution in [0.4, 0.5) is 4.39 Å². The number of hydrogen-bond acceptors (Lipinski definition) is 3. The lowest BCUT2D eigenvalue weighted by atomic mass is 10.2. The van der Waals surface area contributed by atoms with Crippen LogP contribution in [0.5, 0.6) is 0 Å². The van der Waals surface area contributed by atoms with Crippen LogP contribution < -0.4 is 0 Å². The molecule has 0 amide bonds. The predicted octanol–water partition coefficient (Wildman–Crippen LogP) is 6.08. The van der Waals surface area contributed by atoms with Gasteiger partial charge in [-0.05, 0) is 35.4 Å². The van der Waals surface area contributed by atoms with Crippen LogP contribution in [0.1, 0.15) is 11.1 Å². The summed E-state index contributed by atoms with van der Waals surface area (Å²) in [5.41, 5.74) is 2.69. The molecule has 0 aliphatic carbocycles. The number of nitrogens with zero attached hydrogens (tertiary/aromatic N) is 3. The third-order valence-electron chi connectivity index (χ3n) is 4.30. The van der Waals surface area contributed by atoms with Gasteiger partial charge in [0.1, 0.15) is 5.82 Å². The zero-order chi connectivity index (χ0) is 19.3. The summed E-state index contributed by atoms with van der Waals surface area (Å²) in [5.74, 6) is 0.945.